The van der Waals surface area contributed by atoms with Gasteiger partial charge in [0.1, 0.15) is 39.9 Å². The summed E-state index contributed by atoms with van der Waals surface area (Å²) in [6.45, 7) is 0. The average molecular weight is 386 g/mol. The summed E-state index contributed by atoms with van der Waals surface area (Å²) in [7, 11) is 0. The van der Waals surface area contributed by atoms with Gasteiger partial charge in [0.25, 0.3) is 0 Å². The van der Waals surface area contributed by atoms with E-state index in [-0.39, 0.29) is 0 Å². The maximum absolute atomic E-state index is 6.30. The number of ether oxygens (including phenoxy) is 3. The molecule has 0 unspecified atom stereocenters. The summed E-state index contributed by atoms with van der Waals surface area (Å²) in [4.78, 5) is 0. The summed E-state index contributed by atoms with van der Waals surface area (Å²) >= 11 is 0. The van der Waals surface area contributed by atoms with Crippen LogP contribution in [0.3, 0.4) is 0 Å². The molecule has 3 heteroatoms. The van der Waals surface area contributed by atoms with Gasteiger partial charge in [0.2, 0.25) is 0 Å². The Bertz CT molecular complexity index is 1230. The van der Waals surface area contributed by atoms with Crippen LogP contribution in [0.25, 0.3) is 0 Å². The van der Waals surface area contributed by atoms with Crippen molar-refractivity contribution in [2.75, 3.05) is 0 Å². The highest BCUT2D eigenvalue weighted by molar-refractivity contribution is 5.82. The lowest BCUT2D eigenvalue weighted by molar-refractivity contribution is 0.353. The van der Waals surface area contributed by atoms with Crippen molar-refractivity contribution >= 4 is 0 Å². The zero-order chi connectivity index (χ0) is 19.7. The van der Waals surface area contributed by atoms with E-state index in [1.165, 1.54) is 0 Å². The zero-order valence-corrected chi connectivity index (χ0v) is 15.8. The van der Waals surface area contributed by atoms with E-state index in [0.717, 1.165) is 56.8 Å². The van der Waals surface area contributed by atoms with Crippen molar-refractivity contribution in [3.8, 4) is 46.3 Å². The summed E-state index contributed by atoms with van der Waals surface area (Å²) in [5.41, 5.74) is 3.06. The van der Waals surface area contributed by atoms with Crippen LogP contribution in [0.1, 0.15) is 22.3 Å². The summed E-state index contributed by atoms with van der Waals surface area (Å²) < 4.78 is 18.9. The number of benzene rings is 4. The third-order valence-electron chi connectivity index (χ3n) is 5.92. The standard InChI is InChI=1S/C27H14O3/c1-2-7-17(8-3-1)15-16-27-24-18-9-4-10-19(24)29-21-12-6-14-23(26(21)27)30-22-13-5-11-20(28-18)25(22)27/h1-14H. The van der Waals surface area contributed by atoms with Gasteiger partial charge in [0.05, 0.1) is 16.7 Å². The first-order valence-corrected chi connectivity index (χ1v) is 9.87. The number of hydrogen-bond acceptors (Lipinski definition) is 3. The first kappa shape index (κ1) is 15.7. The Kier molecular flexibility index (Phi) is 2.86. The van der Waals surface area contributed by atoms with Crippen LogP contribution in [0.5, 0.6) is 34.5 Å². The molecule has 0 aliphatic carbocycles. The van der Waals surface area contributed by atoms with E-state index in [1.807, 2.05) is 84.9 Å². The molecule has 0 aromatic heterocycles. The Morgan fingerprint density at radius 1 is 0.467 bits per heavy atom. The molecular weight excluding hydrogens is 372 g/mol. The highest BCUT2D eigenvalue weighted by Gasteiger charge is 2.54. The minimum absolute atomic E-state index is 0.728. The molecule has 0 saturated carbocycles. The van der Waals surface area contributed by atoms with Gasteiger partial charge in [0, 0.05) is 5.56 Å². The van der Waals surface area contributed by atoms with Gasteiger partial charge in [-0.15, -0.1) is 0 Å². The van der Waals surface area contributed by atoms with Crippen LogP contribution >= 0.6 is 0 Å². The van der Waals surface area contributed by atoms with Gasteiger partial charge in [-0.25, -0.2) is 0 Å². The summed E-state index contributed by atoms with van der Waals surface area (Å²) in [6.07, 6.45) is 0. The van der Waals surface area contributed by atoms with Crippen LogP contribution in [0.15, 0.2) is 84.9 Å². The molecule has 3 aliphatic heterocycles. The van der Waals surface area contributed by atoms with Gasteiger partial charge in [-0.2, -0.15) is 0 Å². The zero-order valence-electron chi connectivity index (χ0n) is 15.8. The van der Waals surface area contributed by atoms with Crippen molar-refractivity contribution in [3.05, 3.63) is 107 Å². The van der Waals surface area contributed by atoms with Gasteiger partial charge in [-0.1, -0.05) is 48.2 Å². The van der Waals surface area contributed by atoms with Crippen molar-refractivity contribution in [2.45, 2.75) is 5.41 Å². The monoisotopic (exact) mass is 386 g/mol. The van der Waals surface area contributed by atoms with E-state index in [9.17, 15) is 0 Å². The molecular formula is C27H14O3. The van der Waals surface area contributed by atoms with Gasteiger partial charge in [-0.05, 0) is 48.5 Å². The second-order valence-electron chi connectivity index (χ2n) is 7.56. The van der Waals surface area contributed by atoms with Crippen molar-refractivity contribution in [1.29, 1.82) is 0 Å². The molecule has 4 aromatic rings. The predicted octanol–water partition coefficient (Wildman–Crippen LogP) is 6.39. The maximum Gasteiger partial charge on any atom is 0.136 e. The quantitative estimate of drug-likeness (QED) is 0.289. The van der Waals surface area contributed by atoms with Crippen LogP contribution in [0.4, 0.5) is 0 Å². The molecule has 3 nitrogen and oxygen atoms in total. The van der Waals surface area contributed by atoms with Gasteiger partial charge >= 0.3 is 0 Å². The number of hydrogen-bond donors (Lipinski definition) is 0. The first-order chi connectivity index (χ1) is 14.8. The van der Waals surface area contributed by atoms with Crippen LogP contribution in [0, 0.1) is 11.8 Å². The first-order valence-electron chi connectivity index (χ1n) is 9.87. The van der Waals surface area contributed by atoms with Crippen LogP contribution < -0.4 is 14.2 Å². The second-order valence-corrected chi connectivity index (χ2v) is 7.56. The Morgan fingerprint density at radius 2 is 0.867 bits per heavy atom. The molecule has 0 spiro atoms. The minimum atomic E-state index is -0.728. The topological polar surface area (TPSA) is 27.7 Å². The normalized spacial score (nSPS) is 14.8. The van der Waals surface area contributed by atoms with Crippen molar-refractivity contribution in [1.82, 2.24) is 0 Å². The smallest absolute Gasteiger partial charge is 0.136 e. The van der Waals surface area contributed by atoms with Gasteiger partial charge < -0.3 is 14.2 Å². The summed E-state index contributed by atoms with van der Waals surface area (Å²) in [6, 6.07) is 27.8. The average Bonchev–Trinajstić information content (AvgIpc) is 2.78. The summed E-state index contributed by atoms with van der Waals surface area (Å²) in [5.74, 6) is 11.7. The van der Waals surface area contributed by atoms with E-state index in [4.69, 9.17) is 14.2 Å². The highest BCUT2D eigenvalue weighted by Crippen LogP contribution is 2.65. The van der Waals surface area contributed by atoms with Crippen LogP contribution in [0.2, 0.25) is 0 Å². The molecule has 3 aliphatic rings. The van der Waals surface area contributed by atoms with Crippen molar-refractivity contribution in [2.24, 2.45) is 0 Å². The number of rotatable bonds is 0. The lowest BCUT2D eigenvalue weighted by Gasteiger charge is -2.44. The largest absolute Gasteiger partial charge is 0.456 e. The Hall–Kier alpha value is -4.16. The van der Waals surface area contributed by atoms with Crippen molar-refractivity contribution < 1.29 is 14.2 Å². The lowest BCUT2D eigenvalue weighted by atomic mass is 9.65. The fourth-order valence-electron chi connectivity index (χ4n) is 4.76. The van der Waals surface area contributed by atoms with Crippen LogP contribution in [-0.2, 0) is 5.41 Å². The van der Waals surface area contributed by atoms with E-state index in [1.54, 1.807) is 0 Å². The van der Waals surface area contributed by atoms with E-state index in [0.29, 0.717) is 0 Å². The Balaban J connectivity index is 1.67. The van der Waals surface area contributed by atoms with Gasteiger partial charge in [0.15, 0.2) is 0 Å². The molecule has 0 atom stereocenters. The van der Waals surface area contributed by atoms with Gasteiger partial charge in [-0.3, -0.25) is 0 Å². The second kappa shape index (κ2) is 5.46. The SMILES string of the molecule is C(#CC12c3c4cccc3Oc3cccc(c31)Oc1cccc(c12)O4)c1ccccc1. The molecule has 30 heavy (non-hydrogen) atoms. The summed E-state index contributed by atoms with van der Waals surface area (Å²) in [5, 5.41) is 0. The third-order valence-corrected chi connectivity index (χ3v) is 5.92. The third kappa shape index (κ3) is 1.86. The van der Waals surface area contributed by atoms with E-state index < -0.39 is 5.41 Å². The molecule has 7 rings (SSSR count). The fraction of sp³-hybridized carbons (Fsp3) is 0.0370. The van der Waals surface area contributed by atoms with E-state index in [2.05, 4.69) is 11.8 Å². The molecule has 0 amide bonds. The molecule has 140 valence electrons. The molecule has 0 N–H and O–H groups in total. The molecule has 3 heterocycles. The Morgan fingerprint density at radius 3 is 1.27 bits per heavy atom. The maximum atomic E-state index is 6.30. The fourth-order valence-corrected chi connectivity index (χ4v) is 4.76. The molecule has 0 radical (unpaired) electrons. The highest BCUT2D eigenvalue weighted by atomic mass is 16.5. The minimum Gasteiger partial charge on any atom is -0.456 e. The molecule has 4 aromatic carbocycles. The lowest BCUT2D eigenvalue weighted by Crippen LogP contribution is -2.37. The predicted molar refractivity (Wildman–Crippen MR) is 113 cm³/mol. The molecule has 0 bridgehead atoms. The Labute approximate surface area is 173 Å². The molecule has 0 saturated heterocycles. The van der Waals surface area contributed by atoms with E-state index >= 15 is 0 Å². The van der Waals surface area contributed by atoms with Crippen molar-refractivity contribution in [3.63, 3.8) is 0 Å². The molecule has 0 fully saturated rings. The van der Waals surface area contributed by atoms with Crippen LogP contribution in [-0.4, -0.2) is 0 Å².